The fourth-order valence-electron chi connectivity index (χ4n) is 1.30. The summed E-state index contributed by atoms with van der Waals surface area (Å²) in [5.41, 5.74) is 2.68. The predicted molar refractivity (Wildman–Crippen MR) is 69.4 cm³/mol. The van der Waals surface area contributed by atoms with E-state index in [0.29, 0.717) is 0 Å². The molecular weight excluding hydrogens is 220 g/mol. The Bertz CT molecular complexity index is 366. The quantitative estimate of drug-likeness (QED) is 0.567. The van der Waals surface area contributed by atoms with Crippen LogP contribution in [-0.2, 0) is 0 Å². The Kier molecular flexibility index (Phi) is 5.20. The van der Waals surface area contributed by atoms with Crippen LogP contribution in [0.4, 0.5) is 0 Å². The van der Waals surface area contributed by atoms with E-state index in [9.17, 15) is 0 Å². The summed E-state index contributed by atoms with van der Waals surface area (Å²) in [6.07, 6.45) is 6.07. The fourth-order valence-corrected chi connectivity index (χ4v) is 1.42. The average Bonchev–Trinajstić information content (AvgIpc) is 2.30. The molecule has 0 fully saturated rings. The molecule has 0 aliphatic rings. The van der Waals surface area contributed by atoms with E-state index in [-0.39, 0.29) is 5.38 Å². The lowest BCUT2D eigenvalue weighted by Crippen LogP contribution is -1.96. The summed E-state index contributed by atoms with van der Waals surface area (Å²) in [4.78, 5) is 0. The zero-order valence-corrected chi connectivity index (χ0v) is 10.5. The second-order valence-corrected chi connectivity index (χ2v) is 4.27. The van der Waals surface area contributed by atoms with Gasteiger partial charge in [-0.1, -0.05) is 32.1 Å². The van der Waals surface area contributed by atoms with Gasteiger partial charge in [-0.2, -0.15) is 10.2 Å². The molecule has 1 rings (SSSR count). The molecule has 2 nitrogen and oxygen atoms in total. The summed E-state index contributed by atoms with van der Waals surface area (Å²) >= 11 is 5.92. The zero-order chi connectivity index (χ0) is 12.0. The predicted octanol–water partition coefficient (Wildman–Crippen LogP) is 4.15. The van der Waals surface area contributed by atoms with Crippen molar-refractivity contribution in [3.8, 4) is 0 Å². The van der Waals surface area contributed by atoms with E-state index in [1.165, 1.54) is 0 Å². The molecule has 0 amide bonds. The molecule has 0 aromatic carbocycles. The second kappa shape index (κ2) is 6.44. The SMILES string of the molecule is C=C/C(=C\CCC)c1ccc(C(C)Cl)nn1. The van der Waals surface area contributed by atoms with Crippen LogP contribution >= 0.6 is 11.6 Å². The molecule has 86 valence electrons. The number of hydrogen-bond acceptors (Lipinski definition) is 2. The molecule has 0 aliphatic heterocycles. The first-order valence-electron chi connectivity index (χ1n) is 5.49. The van der Waals surface area contributed by atoms with Crippen LogP contribution in [0.5, 0.6) is 0 Å². The van der Waals surface area contributed by atoms with Crippen molar-refractivity contribution in [2.75, 3.05) is 0 Å². The molecule has 0 aliphatic carbocycles. The van der Waals surface area contributed by atoms with E-state index in [1.807, 2.05) is 25.1 Å². The molecule has 0 saturated carbocycles. The largest absolute Gasteiger partial charge is 0.153 e. The zero-order valence-electron chi connectivity index (χ0n) is 9.78. The van der Waals surface area contributed by atoms with Crippen molar-refractivity contribution in [1.29, 1.82) is 0 Å². The van der Waals surface area contributed by atoms with Crippen molar-refractivity contribution in [2.24, 2.45) is 0 Å². The number of hydrogen-bond donors (Lipinski definition) is 0. The number of halogens is 1. The van der Waals surface area contributed by atoms with Crippen LogP contribution in [0, 0.1) is 0 Å². The molecular formula is C13H17ClN2. The highest BCUT2D eigenvalue weighted by atomic mass is 35.5. The van der Waals surface area contributed by atoms with E-state index < -0.39 is 0 Å². The maximum Gasteiger partial charge on any atom is 0.0926 e. The van der Waals surface area contributed by atoms with Gasteiger partial charge in [0.15, 0.2) is 0 Å². The van der Waals surface area contributed by atoms with Crippen LogP contribution in [0.3, 0.4) is 0 Å². The molecule has 0 bridgehead atoms. The maximum atomic E-state index is 5.92. The maximum absolute atomic E-state index is 5.92. The number of aromatic nitrogens is 2. The molecule has 1 aromatic heterocycles. The number of unbranched alkanes of at least 4 members (excludes halogenated alkanes) is 1. The Balaban J connectivity index is 2.90. The second-order valence-electron chi connectivity index (χ2n) is 3.61. The van der Waals surface area contributed by atoms with Gasteiger partial charge >= 0.3 is 0 Å². The summed E-state index contributed by atoms with van der Waals surface area (Å²) in [6, 6.07) is 3.84. The topological polar surface area (TPSA) is 25.8 Å². The highest BCUT2D eigenvalue weighted by molar-refractivity contribution is 6.20. The highest BCUT2D eigenvalue weighted by Gasteiger charge is 2.05. The molecule has 0 spiro atoms. The highest BCUT2D eigenvalue weighted by Crippen LogP contribution is 2.18. The number of nitrogens with zero attached hydrogens (tertiary/aromatic N) is 2. The lowest BCUT2D eigenvalue weighted by Gasteiger charge is -2.04. The number of allylic oxidation sites excluding steroid dienone is 3. The van der Waals surface area contributed by atoms with E-state index in [4.69, 9.17) is 11.6 Å². The normalized spacial score (nSPS) is 13.6. The Labute approximate surface area is 102 Å². The van der Waals surface area contributed by atoms with E-state index >= 15 is 0 Å². The first kappa shape index (κ1) is 12.9. The van der Waals surface area contributed by atoms with Gasteiger partial charge in [0.25, 0.3) is 0 Å². The van der Waals surface area contributed by atoms with Crippen LogP contribution < -0.4 is 0 Å². The first-order chi connectivity index (χ1) is 7.69. The Morgan fingerprint density at radius 3 is 2.69 bits per heavy atom. The van der Waals surface area contributed by atoms with Gasteiger partial charge in [0.2, 0.25) is 0 Å². The smallest absolute Gasteiger partial charge is 0.0926 e. The van der Waals surface area contributed by atoms with E-state index in [2.05, 4.69) is 29.8 Å². The summed E-state index contributed by atoms with van der Waals surface area (Å²) < 4.78 is 0. The van der Waals surface area contributed by atoms with Gasteiger partial charge in [-0.3, -0.25) is 0 Å². The van der Waals surface area contributed by atoms with Crippen LogP contribution in [-0.4, -0.2) is 10.2 Å². The van der Waals surface area contributed by atoms with Crippen molar-refractivity contribution >= 4 is 17.2 Å². The minimum Gasteiger partial charge on any atom is -0.153 e. The van der Waals surface area contributed by atoms with E-state index in [1.54, 1.807) is 0 Å². The summed E-state index contributed by atoms with van der Waals surface area (Å²) in [7, 11) is 0. The third-order valence-electron chi connectivity index (χ3n) is 2.26. The molecule has 16 heavy (non-hydrogen) atoms. The molecule has 0 radical (unpaired) electrons. The van der Waals surface area contributed by atoms with Crippen molar-refractivity contribution in [1.82, 2.24) is 10.2 Å². The van der Waals surface area contributed by atoms with Crippen molar-refractivity contribution in [2.45, 2.75) is 32.1 Å². The molecule has 3 heteroatoms. The third kappa shape index (κ3) is 3.46. The standard InChI is InChI=1S/C13H17ClN2/c1-4-6-7-11(5-2)13-9-8-12(10(3)14)15-16-13/h5,7-10H,2,4,6H2,1,3H3/b11-7+. The summed E-state index contributed by atoms with van der Waals surface area (Å²) in [5, 5.41) is 8.13. The fraction of sp³-hybridized carbons (Fsp3) is 0.385. The minimum atomic E-state index is -0.103. The molecule has 1 unspecified atom stereocenters. The molecule has 1 heterocycles. The Morgan fingerprint density at radius 2 is 2.25 bits per heavy atom. The average molecular weight is 237 g/mol. The lowest BCUT2D eigenvalue weighted by molar-refractivity contribution is 0.889. The van der Waals surface area contributed by atoms with Gasteiger partial charge < -0.3 is 0 Å². The van der Waals surface area contributed by atoms with Gasteiger partial charge in [-0.25, -0.2) is 0 Å². The van der Waals surface area contributed by atoms with Gasteiger partial charge in [0, 0.05) is 0 Å². The van der Waals surface area contributed by atoms with Crippen molar-refractivity contribution < 1.29 is 0 Å². The van der Waals surface area contributed by atoms with Gasteiger partial charge in [-0.15, -0.1) is 11.6 Å². The Morgan fingerprint density at radius 1 is 1.50 bits per heavy atom. The third-order valence-corrected chi connectivity index (χ3v) is 2.48. The van der Waals surface area contributed by atoms with Crippen LogP contribution in [0.25, 0.3) is 5.57 Å². The molecule has 1 aromatic rings. The number of alkyl halides is 1. The first-order valence-corrected chi connectivity index (χ1v) is 5.93. The van der Waals surface area contributed by atoms with Crippen molar-refractivity contribution in [3.63, 3.8) is 0 Å². The van der Waals surface area contributed by atoms with Crippen LogP contribution in [0.1, 0.15) is 43.5 Å². The van der Waals surface area contributed by atoms with Gasteiger partial charge in [0.1, 0.15) is 0 Å². The van der Waals surface area contributed by atoms with Gasteiger partial charge in [-0.05, 0) is 31.1 Å². The summed E-state index contributed by atoms with van der Waals surface area (Å²) in [5.74, 6) is 0. The van der Waals surface area contributed by atoms with E-state index in [0.717, 1.165) is 29.8 Å². The molecule has 1 atom stereocenters. The van der Waals surface area contributed by atoms with Crippen LogP contribution in [0.15, 0.2) is 30.9 Å². The lowest BCUT2D eigenvalue weighted by atomic mass is 10.1. The minimum absolute atomic E-state index is 0.103. The molecule has 0 N–H and O–H groups in total. The molecule has 0 saturated heterocycles. The van der Waals surface area contributed by atoms with Crippen molar-refractivity contribution in [3.05, 3.63) is 42.3 Å². The summed E-state index contributed by atoms with van der Waals surface area (Å²) in [6.45, 7) is 7.81. The van der Waals surface area contributed by atoms with Crippen LogP contribution in [0.2, 0.25) is 0 Å². The monoisotopic (exact) mass is 236 g/mol. The Hall–Kier alpha value is -1.15. The number of rotatable bonds is 5. The van der Waals surface area contributed by atoms with Gasteiger partial charge in [0.05, 0.1) is 16.8 Å².